The first kappa shape index (κ1) is 29.6. The minimum atomic E-state index is -0.762. The molecule has 0 aromatic heterocycles. The maximum atomic E-state index is 13.5. The van der Waals surface area contributed by atoms with Gasteiger partial charge in [0.05, 0.1) is 12.0 Å². The summed E-state index contributed by atoms with van der Waals surface area (Å²) in [5.74, 6) is -0.369. The van der Waals surface area contributed by atoms with Crippen LogP contribution in [-0.4, -0.2) is 65.4 Å². The molecule has 11 heteroatoms. The van der Waals surface area contributed by atoms with Gasteiger partial charge in [-0.15, -0.1) is 0 Å². The predicted octanol–water partition coefficient (Wildman–Crippen LogP) is 3.49. The fraction of sp³-hybridized carbons (Fsp3) is 0.333. The highest BCUT2D eigenvalue weighted by atomic mass is 19.1. The lowest BCUT2D eigenvalue weighted by atomic mass is 9.93. The lowest BCUT2D eigenvalue weighted by molar-refractivity contribution is -0.384. The second-order valence-electron chi connectivity index (χ2n) is 9.96. The Balaban J connectivity index is 1.62. The summed E-state index contributed by atoms with van der Waals surface area (Å²) in [6.45, 7) is 1.85. The van der Waals surface area contributed by atoms with Crippen LogP contribution in [0.3, 0.4) is 0 Å². The van der Waals surface area contributed by atoms with E-state index >= 15 is 0 Å². The van der Waals surface area contributed by atoms with Gasteiger partial charge in [-0.3, -0.25) is 24.6 Å². The van der Waals surface area contributed by atoms with Crippen LogP contribution < -0.4 is 15.8 Å². The van der Waals surface area contributed by atoms with Gasteiger partial charge in [0.2, 0.25) is 5.91 Å². The largest absolute Gasteiger partial charge is 0.497 e. The van der Waals surface area contributed by atoms with Crippen LogP contribution in [0.4, 0.5) is 10.1 Å². The van der Waals surface area contributed by atoms with E-state index in [0.29, 0.717) is 38.0 Å². The number of amides is 2. The molecule has 0 bridgehead atoms. The van der Waals surface area contributed by atoms with Crippen LogP contribution in [0.15, 0.2) is 72.8 Å². The number of carbonyl (C=O) groups excluding carboxylic acids is 2. The number of hydrogen-bond donors (Lipinski definition) is 2. The van der Waals surface area contributed by atoms with Crippen LogP contribution in [0.25, 0.3) is 0 Å². The predicted molar refractivity (Wildman–Crippen MR) is 152 cm³/mol. The number of piperidine rings is 1. The summed E-state index contributed by atoms with van der Waals surface area (Å²) in [5.41, 5.74) is 7.81. The van der Waals surface area contributed by atoms with Crippen molar-refractivity contribution in [2.75, 3.05) is 26.7 Å². The van der Waals surface area contributed by atoms with Crippen molar-refractivity contribution in [1.29, 1.82) is 0 Å². The standard InChI is InChI=1S/C30H34FN5O5/c1-41-27-4-2-3-22(17-27)20-34(19-21-5-11-25(12-6-21)36(39)40)26-13-16-35(28(18-26)29(37)33-15-14-32)30(38)23-7-9-24(31)10-8-23/h2-12,17,26,28H,13-16,18-20,32H2,1H3,(H,33,37)/t26?,28-/m1/s1. The van der Waals surface area contributed by atoms with Crippen molar-refractivity contribution in [3.63, 3.8) is 0 Å². The third-order valence-corrected chi connectivity index (χ3v) is 7.24. The average molecular weight is 564 g/mol. The molecule has 0 saturated carbocycles. The number of ether oxygens (including phenoxy) is 1. The van der Waals surface area contributed by atoms with Crippen LogP contribution in [0.2, 0.25) is 0 Å². The van der Waals surface area contributed by atoms with E-state index in [1.165, 1.54) is 36.4 Å². The molecule has 0 radical (unpaired) electrons. The van der Waals surface area contributed by atoms with Crippen molar-refractivity contribution in [2.45, 2.75) is 38.0 Å². The van der Waals surface area contributed by atoms with Crippen LogP contribution >= 0.6 is 0 Å². The fourth-order valence-corrected chi connectivity index (χ4v) is 5.12. The van der Waals surface area contributed by atoms with Gasteiger partial charge in [0, 0.05) is 56.5 Å². The maximum absolute atomic E-state index is 13.5. The van der Waals surface area contributed by atoms with Crippen molar-refractivity contribution in [2.24, 2.45) is 5.73 Å². The van der Waals surface area contributed by atoms with Crippen molar-refractivity contribution >= 4 is 17.5 Å². The number of nitrogens with zero attached hydrogens (tertiary/aromatic N) is 3. The lowest BCUT2D eigenvalue weighted by Gasteiger charge is -2.43. The van der Waals surface area contributed by atoms with E-state index in [9.17, 15) is 24.1 Å². The number of nitrogens with one attached hydrogen (secondary N) is 1. The number of hydrogen-bond acceptors (Lipinski definition) is 7. The van der Waals surface area contributed by atoms with Gasteiger partial charge in [-0.05, 0) is 60.4 Å². The highest BCUT2D eigenvalue weighted by Gasteiger charge is 2.38. The lowest BCUT2D eigenvalue weighted by Crippen LogP contribution is -2.57. The number of carbonyl (C=O) groups is 2. The summed E-state index contributed by atoms with van der Waals surface area (Å²) in [6.07, 6.45) is 0.949. The van der Waals surface area contributed by atoms with E-state index in [1.54, 1.807) is 24.1 Å². The highest BCUT2D eigenvalue weighted by Crippen LogP contribution is 2.28. The van der Waals surface area contributed by atoms with Gasteiger partial charge < -0.3 is 20.7 Å². The van der Waals surface area contributed by atoms with Crippen molar-refractivity contribution in [3.8, 4) is 5.75 Å². The molecule has 3 aromatic rings. The van der Waals surface area contributed by atoms with Crippen LogP contribution in [0.5, 0.6) is 5.75 Å². The molecule has 1 unspecified atom stereocenters. The third kappa shape index (κ3) is 7.65. The molecule has 2 amide bonds. The molecule has 3 aromatic carbocycles. The minimum Gasteiger partial charge on any atom is -0.497 e. The van der Waals surface area contributed by atoms with E-state index in [1.807, 2.05) is 24.3 Å². The number of nitro groups is 1. The van der Waals surface area contributed by atoms with Crippen molar-refractivity contribution in [3.05, 3.63) is 105 Å². The second-order valence-corrected chi connectivity index (χ2v) is 9.96. The number of benzene rings is 3. The average Bonchev–Trinajstić information content (AvgIpc) is 2.99. The number of nitrogens with two attached hydrogens (primary N) is 1. The molecule has 1 aliphatic heterocycles. The monoisotopic (exact) mass is 563 g/mol. The molecular formula is C30H34FN5O5. The number of methoxy groups -OCH3 is 1. The fourth-order valence-electron chi connectivity index (χ4n) is 5.12. The third-order valence-electron chi connectivity index (χ3n) is 7.24. The summed E-state index contributed by atoms with van der Waals surface area (Å²) in [5, 5.41) is 14.0. The zero-order chi connectivity index (χ0) is 29.4. The van der Waals surface area contributed by atoms with Crippen molar-refractivity contribution < 1.29 is 23.6 Å². The summed E-state index contributed by atoms with van der Waals surface area (Å²) < 4.78 is 18.9. The molecule has 216 valence electrons. The molecule has 41 heavy (non-hydrogen) atoms. The Bertz CT molecular complexity index is 1350. The van der Waals surface area contributed by atoms with Crippen LogP contribution in [-0.2, 0) is 17.9 Å². The van der Waals surface area contributed by atoms with Gasteiger partial charge in [0.15, 0.2) is 0 Å². The quantitative estimate of drug-likeness (QED) is 0.270. The Morgan fingerprint density at radius 2 is 1.80 bits per heavy atom. The number of halogens is 1. The molecule has 3 N–H and O–H groups in total. The van der Waals surface area contributed by atoms with E-state index in [4.69, 9.17) is 10.5 Å². The van der Waals surface area contributed by atoms with Crippen LogP contribution in [0.1, 0.15) is 34.3 Å². The molecule has 1 saturated heterocycles. The van der Waals surface area contributed by atoms with E-state index in [0.717, 1.165) is 16.9 Å². The zero-order valence-corrected chi connectivity index (χ0v) is 22.9. The van der Waals surface area contributed by atoms with E-state index in [2.05, 4.69) is 10.2 Å². The topological polar surface area (TPSA) is 131 Å². The second kappa shape index (κ2) is 13.8. The zero-order valence-electron chi connectivity index (χ0n) is 22.9. The van der Waals surface area contributed by atoms with Crippen molar-refractivity contribution in [1.82, 2.24) is 15.1 Å². The summed E-state index contributed by atoms with van der Waals surface area (Å²) >= 11 is 0. The Morgan fingerprint density at radius 1 is 1.10 bits per heavy atom. The van der Waals surface area contributed by atoms with Gasteiger partial charge in [0.1, 0.15) is 17.6 Å². The SMILES string of the molecule is COc1cccc(CN(Cc2ccc([N+](=O)[O-])cc2)C2CCN(C(=O)c3ccc(F)cc3)[C@@H](C(=O)NCCN)C2)c1. The smallest absolute Gasteiger partial charge is 0.269 e. The van der Waals surface area contributed by atoms with Gasteiger partial charge in [-0.25, -0.2) is 4.39 Å². The molecule has 1 heterocycles. The number of non-ortho nitro benzene ring substituents is 1. The van der Waals surface area contributed by atoms with E-state index < -0.39 is 16.8 Å². The first-order chi connectivity index (χ1) is 19.8. The van der Waals surface area contributed by atoms with Gasteiger partial charge in [-0.2, -0.15) is 0 Å². The molecular weight excluding hydrogens is 529 g/mol. The Labute approximate surface area is 238 Å². The normalized spacial score (nSPS) is 16.8. The van der Waals surface area contributed by atoms with Crippen LogP contribution in [0, 0.1) is 15.9 Å². The molecule has 2 atom stereocenters. The minimum absolute atomic E-state index is 0.0114. The summed E-state index contributed by atoms with van der Waals surface area (Å²) in [6, 6.07) is 18.6. The molecule has 1 aliphatic rings. The first-order valence-electron chi connectivity index (χ1n) is 13.4. The summed E-state index contributed by atoms with van der Waals surface area (Å²) in [4.78, 5) is 41.2. The first-order valence-corrected chi connectivity index (χ1v) is 13.4. The molecule has 0 aliphatic carbocycles. The number of likely N-dealkylation sites (tertiary alicyclic amines) is 1. The van der Waals surface area contributed by atoms with Gasteiger partial charge >= 0.3 is 0 Å². The molecule has 0 spiro atoms. The van der Waals surface area contributed by atoms with Gasteiger partial charge in [-0.1, -0.05) is 24.3 Å². The summed E-state index contributed by atoms with van der Waals surface area (Å²) in [7, 11) is 1.60. The Hall–Kier alpha value is -4.35. The Morgan fingerprint density at radius 3 is 2.46 bits per heavy atom. The number of rotatable bonds is 11. The van der Waals surface area contributed by atoms with E-state index in [-0.39, 0.29) is 36.6 Å². The maximum Gasteiger partial charge on any atom is 0.269 e. The Kier molecular flexibility index (Phi) is 9.99. The molecule has 4 rings (SSSR count). The number of nitro benzene ring substituents is 1. The molecule has 1 fully saturated rings. The van der Waals surface area contributed by atoms with Gasteiger partial charge in [0.25, 0.3) is 11.6 Å². The molecule has 10 nitrogen and oxygen atoms in total. The highest BCUT2D eigenvalue weighted by molar-refractivity contribution is 5.97.